The summed E-state index contributed by atoms with van der Waals surface area (Å²) in [5.74, 6) is 0.546. The monoisotopic (exact) mass is 276 g/mol. The average Bonchev–Trinajstić information content (AvgIpc) is 2.34. The summed E-state index contributed by atoms with van der Waals surface area (Å²) in [5, 5.41) is -0.101. The van der Waals surface area contributed by atoms with Gasteiger partial charge in [-0.15, -0.1) is 11.6 Å². The number of allylic oxidation sites excluding steroid dienone is 3. The van der Waals surface area contributed by atoms with Crippen molar-refractivity contribution in [3.63, 3.8) is 0 Å². The summed E-state index contributed by atoms with van der Waals surface area (Å²) in [6, 6.07) is 6.49. The summed E-state index contributed by atoms with van der Waals surface area (Å²) in [7, 11) is 0. The first-order valence-corrected chi connectivity index (χ1v) is 7.48. The predicted molar refractivity (Wildman–Crippen MR) is 86.9 cm³/mol. The molecular weight excluding hydrogens is 252 g/mol. The van der Waals surface area contributed by atoms with Crippen LogP contribution >= 0.6 is 11.6 Å². The lowest BCUT2D eigenvalue weighted by atomic mass is 9.96. The molecule has 0 radical (unpaired) electrons. The number of hydrogen-bond acceptors (Lipinski definition) is 0. The van der Waals surface area contributed by atoms with E-state index in [2.05, 4.69) is 58.5 Å². The van der Waals surface area contributed by atoms with Gasteiger partial charge in [0.2, 0.25) is 0 Å². The van der Waals surface area contributed by atoms with E-state index in [9.17, 15) is 0 Å². The maximum Gasteiger partial charge on any atom is 0.0832 e. The zero-order valence-electron chi connectivity index (χ0n) is 12.5. The number of rotatable bonds is 6. The Morgan fingerprint density at radius 3 is 2.32 bits per heavy atom. The van der Waals surface area contributed by atoms with Crippen molar-refractivity contribution in [2.24, 2.45) is 5.92 Å². The van der Waals surface area contributed by atoms with E-state index in [0.717, 1.165) is 11.1 Å². The summed E-state index contributed by atoms with van der Waals surface area (Å²) in [6.45, 7) is 12.6. The van der Waals surface area contributed by atoms with Gasteiger partial charge in [0.15, 0.2) is 0 Å². The minimum Gasteiger partial charge on any atom is -0.113 e. The Morgan fingerprint density at radius 1 is 1.26 bits per heavy atom. The minimum absolute atomic E-state index is 0.101. The highest BCUT2D eigenvalue weighted by Crippen LogP contribution is 2.32. The van der Waals surface area contributed by atoms with E-state index in [1.165, 1.54) is 24.0 Å². The molecule has 1 aromatic rings. The van der Waals surface area contributed by atoms with Crippen molar-refractivity contribution in [3.05, 3.63) is 59.2 Å². The van der Waals surface area contributed by atoms with Crippen LogP contribution in [-0.4, -0.2) is 0 Å². The van der Waals surface area contributed by atoms with Crippen LogP contribution in [0, 0.1) is 19.8 Å². The lowest BCUT2D eigenvalue weighted by Gasteiger charge is -2.15. The van der Waals surface area contributed by atoms with E-state index in [1.807, 2.05) is 6.08 Å². The molecule has 2 atom stereocenters. The van der Waals surface area contributed by atoms with Crippen molar-refractivity contribution in [1.29, 1.82) is 0 Å². The molecule has 0 aliphatic heterocycles. The largest absolute Gasteiger partial charge is 0.113 e. The van der Waals surface area contributed by atoms with E-state index < -0.39 is 0 Å². The van der Waals surface area contributed by atoms with Gasteiger partial charge in [0, 0.05) is 0 Å². The molecule has 0 bridgehead atoms. The lowest BCUT2D eigenvalue weighted by molar-refractivity contribution is 0.630. The van der Waals surface area contributed by atoms with Gasteiger partial charge in [0.1, 0.15) is 0 Å². The smallest absolute Gasteiger partial charge is 0.0832 e. The summed E-state index contributed by atoms with van der Waals surface area (Å²) < 4.78 is 0. The van der Waals surface area contributed by atoms with E-state index in [-0.39, 0.29) is 5.38 Å². The zero-order valence-corrected chi connectivity index (χ0v) is 13.3. The van der Waals surface area contributed by atoms with Gasteiger partial charge in [-0.05, 0) is 37.3 Å². The highest BCUT2D eigenvalue weighted by atomic mass is 35.5. The lowest BCUT2D eigenvalue weighted by Crippen LogP contribution is -1.98. The first kappa shape index (κ1) is 16.0. The SMILES string of the molecule is C=C/C(=C\C(C)CCC)C(Cl)c1cc(C)cc(C)c1. The molecular formula is C18H25Cl. The second kappa shape index (κ2) is 7.55. The molecule has 0 saturated heterocycles. The predicted octanol–water partition coefficient (Wildman–Crippen LogP) is 6.13. The molecule has 0 heterocycles. The highest BCUT2D eigenvalue weighted by molar-refractivity contribution is 6.22. The third-order valence-electron chi connectivity index (χ3n) is 3.29. The molecule has 1 aromatic carbocycles. The van der Waals surface area contributed by atoms with Gasteiger partial charge < -0.3 is 0 Å². The first-order chi connectivity index (χ1) is 8.97. The quantitative estimate of drug-likeness (QED) is 0.433. The Labute approximate surface area is 123 Å². The van der Waals surface area contributed by atoms with Gasteiger partial charge in [-0.1, -0.05) is 68.3 Å². The highest BCUT2D eigenvalue weighted by Gasteiger charge is 2.13. The molecule has 0 N–H and O–H groups in total. The Bertz CT molecular complexity index is 437. The van der Waals surface area contributed by atoms with E-state index in [4.69, 9.17) is 11.6 Å². The maximum atomic E-state index is 6.62. The van der Waals surface area contributed by atoms with Crippen LogP contribution in [0.5, 0.6) is 0 Å². The van der Waals surface area contributed by atoms with E-state index in [1.54, 1.807) is 0 Å². The van der Waals surface area contributed by atoms with Crippen molar-refractivity contribution < 1.29 is 0 Å². The molecule has 0 spiro atoms. The standard InChI is InChI=1S/C18H25Cl/c1-6-8-13(3)10-16(7-2)18(19)17-11-14(4)9-15(5)12-17/h7,9-13,18H,2,6,8H2,1,3-5H3/b16-10+. The van der Waals surface area contributed by atoms with Crippen molar-refractivity contribution in [2.75, 3.05) is 0 Å². The van der Waals surface area contributed by atoms with Crippen LogP contribution in [0.15, 0.2) is 42.5 Å². The van der Waals surface area contributed by atoms with Gasteiger partial charge in [-0.3, -0.25) is 0 Å². The van der Waals surface area contributed by atoms with Crippen molar-refractivity contribution in [2.45, 2.75) is 45.9 Å². The van der Waals surface area contributed by atoms with Gasteiger partial charge >= 0.3 is 0 Å². The average molecular weight is 277 g/mol. The fraction of sp³-hybridized carbons (Fsp3) is 0.444. The summed E-state index contributed by atoms with van der Waals surface area (Å²) in [5.41, 5.74) is 4.79. The molecule has 0 aliphatic rings. The molecule has 104 valence electrons. The van der Waals surface area contributed by atoms with Gasteiger partial charge in [-0.25, -0.2) is 0 Å². The number of hydrogen-bond donors (Lipinski definition) is 0. The van der Waals surface area contributed by atoms with Gasteiger partial charge in [-0.2, -0.15) is 0 Å². The third-order valence-corrected chi connectivity index (χ3v) is 3.79. The van der Waals surface area contributed by atoms with Gasteiger partial charge in [0.05, 0.1) is 5.38 Å². The summed E-state index contributed by atoms with van der Waals surface area (Å²) >= 11 is 6.62. The Morgan fingerprint density at radius 2 is 1.84 bits per heavy atom. The van der Waals surface area contributed by atoms with Crippen LogP contribution < -0.4 is 0 Å². The molecule has 1 heteroatoms. The van der Waals surface area contributed by atoms with Crippen LogP contribution in [0.4, 0.5) is 0 Å². The molecule has 19 heavy (non-hydrogen) atoms. The molecule has 0 aliphatic carbocycles. The molecule has 0 amide bonds. The van der Waals surface area contributed by atoms with Crippen LogP contribution in [0.2, 0.25) is 0 Å². The normalized spacial score (nSPS) is 15.1. The second-order valence-corrected chi connectivity index (χ2v) is 5.86. The molecule has 0 nitrogen and oxygen atoms in total. The van der Waals surface area contributed by atoms with Crippen LogP contribution in [0.3, 0.4) is 0 Å². The van der Waals surface area contributed by atoms with Crippen LogP contribution in [0.1, 0.15) is 48.8 Å². The van der Waals surface area contributed by atoms with Crippen molar-refractivity contribution >= 4 is 11.6 Å². The first-order valence-electron chi connectivity index (χ1n) is 7.04. The Kier molecular flexibility index (Phi) is 6.37. The second-order valence-electron chi connectivity index (χ2n) is 5.42. The summed E-state index contributed by atoms with van der Waals surface area (Å²) in [6.07, 6.45) is 6.53. The maximum absolute atomic E-state index is 6.62. The summed E-state index contributed by atoms with van der Waals surface area (Å²) in [4.78, 5) is 0. The molecule has 2 unspecified atom stereocenters. The number of benzene rings is 1. The number of alkyl halides is 1. The van der Waals surface area contributed by atoms with Gasteiger partial charge in [0.25, 0.3) is 0 Å². The van der Waals surface area contributed by atoms with Crippen molar-refractivity contribution in [1.82, 2.24) is 0 Å². The molecule has 0 saturated carbocycles. The van der Waals surface area contributed by atoms with Crippen molar-refractivity contribution in [3.8, 4) is 0 Å². The minimum atomic E-state index is -0.101. The molecule has 0 aromatic heterocycles. The Hall–Kier alpha value is -1.01. The molecule has 0 fully saturated rings. The fourth-order valence-electron chi connectivity index (χ4n) is 2.47. The Balaban J connectivity index is 3.01. The fourth-order valence-corrected chi connectivity index (χ4v) is 2.76. The topological polar surface area (TPSA) is 0 Å². The van der Waals surface area contributed by atoms with Crippen LogP contribution in [0.25, 0.3) is 0 Å². The number of aryl methyl sites for hydroxylation is 2. The number of halogens is 1. The van der Waals surface area contributed by atoms with E-state index in [0.29, 0.717) is 5.92 Å². The zero-order chi connectivity index (χ0) is 14.4. The third kappa shape index (κ3) is 4.87. The van der Waals surface area contributed by atoms with E-state index >= 15 is 0 Å². The van der Waals surface area contributed by atoms with Crippen LogP contribution in [-0.2, 0) is 0 Å². The molecule has 1 rings (SSSR count).